The molecule has 0 aliphatic carbocycles. The second kappa shape index (κ2) is 7.31. The normalized spacial score (nSPS) is 13.4. The number of amides is 1. The fourth-order valence-electron chi connectivity index (χ4n) is 2.22. The van der Waals surface area contributed by atoms with E-state index in [1.54, 1.807) is 0 Å². The largest absolute Gasteiger partial charge is 0.444 e. The van der Waals surface area contributed by atoms with Crippen LogP contribution in [0.25, 0.3) is 17.1 Å². The summed E-state index contributed by atoms with van der Waals surface area (Å²) in [7, 11) is 0. The van der Waals surface area contributed by atoms with Crippen LogP contribution in [0.3, 0.4) is 0 Å². The Bertz CT molecular complexity index is 683. The summed E-state index contributed by atoms with van der Waals surface area (Å²) in [5.74, 6) is 0. The van der Waals surface area contributed by atoms with Gasteiger partial charge in [-0.15, -0.1) is 0 Å². The highest BCUT2D eigenvalue weighted by atomic mass is 16.6. The van der Waals surface area contributed by atoms with Gasteiger partial charge < -0.3 is 15.0 Å². The van der Waals surface area contributed by atoms with E-state index < -0.39 is 5.60 Å². The van der Waals surface area contributed by atoms with E-state index >= 15 is 0 Å². The first kappa shape index (κ1) is 17.1. The van der Waals surface area contributed by atoms with E-state index in [2.05, 4.69) is 27.4 Å². The Labute approximate surface area is 137 Å². The van der Waals surface area contributed by atoms with Crippen molar-refractivity contribution in [2.24, 2.45) is 0 Å². The molecule has 2 N–H and O–H groups in total. The lowest BCUT2D eigenvalue weighted by Crippen LogP contribution is -2.38. The summed E-state index contributed by atoms with van der Waals surface area (Å²) in [5, 5.41) is 3.99. The van der Waals surface area contributed by atoms with Gasteiger partial charge in [0.15, 0.2) is 0 Å². The van der Waals surface area contributed by atoms with Crippen LogP contribution in [-0.2, 0) is 4.74 Å². The molecule has 0 aliphatic heterocycles. The molecule has 0 bridgehead atoms. The minimum Gasteiger partial charge on any atom is -0.444 e. The third-order valence-electron chi connectivity index (χ3n) is 3.37. The summed E-state index contributed by atoms with van der Waals surface area (Å²) in [4.78, 5) is 19.2. The molecule has 124 valence electrons. The molecule has 1 atom stereocenters. The first-order chi connectivity index (χ1) is 10.9. The van der Waals surface area contributed by atoms with Crippen LogP contribution in [0.4, 0.5) is 4.79 Å². The summed E-state index contributed by atoms with van der Waals surface area (Å²) in [6.45, 7) is 7.62. The van der Waals surface area contributed by atoms with Crippen LogP contribution in [0.5, 0.6) is 0 Å². The zero-order valence-electron chi connectivity index (χ0n) is 14.2. The molecule has 0 radical (unpaired) electrons. The quantitative estimate of drug-likeness (QED) is 0.866. The van der Waals surface area contributed by atoms with E-state index in [0.29, 0.717) is 0 Å². The lowest BCUT2D eigenvalue weighted by molar-refractivity contribution is 0.0503. The number of hydrogen-bond donors (Lipinski definition) is 2. The topological polar surface area (TPSA) is 67.0 Å². The van der Waals surface area contributed by atoms with Crippen molar-refractivity contribution in [3.8, 4) is 0 Å². The molecule has 0 aliphatic rings. The van der Waals surface area contributed by atoms with E-state index in [4.69, 9.17) is 4.74 Å². The van der Waals surface area contributed by atoms with Crippen molar-refractivity contribution >= 4 is 23.2 Å². The average Bonchev–Trinajstić information content (AvgIpc) is 2.91. The third-order valence-corrected chi connectivity index (χ3v) is 3.37. The minimum absolute atomic E-state index is 0.0602. The number of nitrogens with zero attached hydrogens (tertiary/aromatic N) is 1. The second-order valence-corrected chi connectivity index (χ2v) is 6.57. The molecule has 0 aromatic carbocycles. The number of hydrogen-bond acceptors (Lipinski definition) is 3. The monoisotopic (exact) mass is 315 g/mol. The summed E-state index contributed by atoms with van der Waals surface area (Å²) >= 11 is 0. The lowest BCUT2D eigenvalue weighted by Gasteiger charge is -2.22. The molecule has 1 unspecified atom stereocenters. The van der Waals surface area contributed by atoms with Crippen molar-refractivity contribution < 1.29 is 9.53 Å². The number of alkyl carbamates (subject to hydrolysis) is 1. The maximum Gasteiger partial charge on any atom is 0.407 e. The zero-order valence-corrected chi connectivity index (χ0v) is 14.2. The Morgan fingerprint density at radius 3 is 2.96 bits per heavy atom. The Hall–Kier alpha value is -2.30. The smallest absolute Gasteiger partial charge is 0.407 e. The lowest BCUT2D eigenvalue weighted by atomic mass is 10.1. The fourth-order valence-corrected chi connectivity index (χ4v) is 2.22. The second-order valence-electron chi connectivity index (χ2n) is 6.57. The molecule has 0 saturated carbocycles. The average molecular weight is 315 g/mol. The van der Waals surface area contributed by atoms with Crippen LogP contribution < -0.4 is 5.32 Å². The molecule has 5 heteroatoms. The third kappa shape index (κ3) is 5.43. The first-order valence-corrected chi connectivity index (χ1v) is 7.96. The molecule has 2 aromatic heterocycles. The molecule has 2 aromatic rings. The number of carbonyl (C=O) groups excluding carboxylic acids is 1. The molecule has 0 saturated heterocycles. The van der Waals surface area contributed by atoms with E-state index in [1.807, 2.05) is 52.2 Å². The summed E-state index contributed by atoms with van der Waals surface area (Å²) < 4.78 is 5.29. The molecule has 0 fully saturated rings. The number of nitrogens with one attached hydrogen (secondary N) is 2. The molecule has 2 rings (SSSR count). The zero-order chi connectivity index (χ0) is 16.9. The van der Waals surface area contributed by atoms with Crippen LogP contribution in [0.15, 0.2) is 30.6 Å². The first-order valence-electron chi connectivity index (χ1n) is 7.96. The van der Waals surface area contributed by atoms with E-state index in [0.717, 1.165) is 29.4 Å². The predicted molar refractivity (Wildman–Crippen MR) is 93.2 cm³/mol. The number of carbonyl (C=O) groups is 1. The number of H-pyrrole nitrogens is 1. The Balaban J connectivity index is 1.90. The van der Waals surface area contributed by atoms with Gasteiger partial charge in [-0.3, -0.25) is 0 Å². The number of rotatable bonds is 5. The number of fused-ring (bicyclic) bond motifs is 1. The summed E-state index contributed by atoms with van der Waals surface area (Å²) in [5.41, 5.74) is 1.46. The van der Waals surface area contributed by atoms with Gasteiger partial charge in [0.05, 0.1) is 0 Å². The van der Waals surface area contributed by atoms with Crippen molar-refractivity contribution in [3.05, 3.63) is 36.2 Å². The number of aromatic nitrogens is 2. The molecular weight excluding hydrogens is 290 g/mol. The van der Waals surface area contributed by atoms with Gasteiger partial charge in [0.2, 0.25) is 0 Å². The molecule has 2 heterocycles. The van der Waals surface area contributed by atoms with Crippen molar-refractivity contribution in [2.75, 3.05) is 0 Å². The van der Waals surface area contributed by atoms with Crippen LogP contribution in [0, 0.1) is 0 Å². The molecule has 23 heavy (non-hydrogen) atoms. The maximum absolute atomic E-state index is 11.8. The van der Waals surface area contributed by atoms with Crippen LogP contribution in [-0.4, -0.2) is 27.7 Å². The van der Waals surface area contributed by atoms with Crippen LogP contribution in [0.2, 0.25) is 0 Å². The molecule has 5 nitrogen and oxygen atoms in total. The maximum atomic E-state index is 11.8. The van der Waals surface area contributed by atoms with Crippen LogP contribution >= 0.6 is 0 Å². The van der Waals surface area contributed by atoms with Gasteiger partial charge in [-0.05, 0) is 51.3 Å². The summed E-state index contributed by atoms with van der Waals surface area (Å²) in [6, 6.07) is 4.14. The SMILES string of the molecule is CCC(CC=Cc1cnc2[nH]ccc2c1)NC(=O)OC(C)(C)C. The summed E-state index contributed by atoms with van der Waals surface area (Å²) in [6.07, 6.45) is 9.02. The van der Waals surface area contributed by atoms with Gasteiger partial charge in [0.1, 0.15) is 11.2 Å². The van der Waals surface area contributed by atoms with E-state index in [9.17, 15) is 4.79 Å². The van der Waals surface area contributed by atoms with Gasteiger partial charge in [0.25, 0.3) is 0 Å². The van der Waals surface area contributed by atoms with Gasteiger partial charge in [-0.25, -0.2) is 9.78 Å². The Morgan fingerprint density at radius 2 is 2.26 bits per heavy atom. The van der Waals surface area contributed by atoms with Crippen LogP contribution in [0.1, 0.15) is 46.1 Å². The van der Waals surface area contributed by atoms with Crippen molar-refractivity contribution in [1.82, 2.24) is 15.3 Å². The predicted octanol–water partition coefficient (Wildman–Crippen LogP) is 4.27. The van der Waals surface area contributed by atoms with Crippen molar-refractivity contribution in [1.29, 1.82) is 0 Å². The molecule has 0 spiro atoms. The van der Waals surface area contributed by atoms with Gasteiger partial charge >= 0.3 is 6.09 Å². The number of ether oxygens (including phenoxy) is 1. The van der Waals surface area contributed by atoms with Gasteiger partial charge in [-0.1, -0.05) is 19.1 Å². The van der Waals surface area contributed by atoms with E-state index in [-0.39, 0.29) is 12.1 Å². The number of pyridine rings is 1. The van der Waals surface area contributed by atoms with Crippen molar-refractivity contribution in [3.63, 3.8) is 0 Å². The highest BCUT2D eigenvalue weighted by molar-refractivity contribution is 5.77. The standard InChI is InChI=1S/C18H25N3O2/c1-5-15(21-17(22)23-18(2,3)4)8-6-7-13-11-14-9-10-19-16(14)20-12-13/h6-7,9-12,15H,5,8H2,1-4H3,(H,19,20)(H,21,22). The van der Waals surface area contributed by atoms with E-state index in [1.165, 1.54) is 0 Å². The van der Waals surface area contributed by atoms with Gasteiger partial charge in [-0.2, -0.15) is 0 Å². The highest BCUT2D eigenvalue weighted by Crippen LogP contribution is 2.13. The minimum atomic E-state index is -0.476. The Morgan fingerprint density at radius 1 is 1.48 bits per heavy atom. The number of aromatic amines is 1. The van der Waals surface area contributed by atoms with Crippen molar-refractivity contribution in [2.45, 2.75) is 52.2 Å². The Kier molecular flexibility index (Phi) is 5.42. The molecule has 1 amide bonds. The fraction of sp³-hybridized carbons (Fsp3) is 0.444. The molecular formula is C18H25N3O2. The highest BCUT2D eigenvalue weighted by Gasteiger charge is 2.18. The van der Waals surface area contributed by atoms with Gasteiger partial charge in [0, 0.05) is 23.8 Å².